The summed E-state index contributed by atoms with van der Waals surface area (Å²) in [5.41, 5.74) is 1.38. The van der Waals surface area contributed by atoms with E-state index in [9.17, 15) is 4.39 Å². The first kappa shape index (κ1) is 17.2. The van der Waals surface area contributed by atoms with Crippen molar-refractivity contribution in [1.29, 1.82) is 0 Å². The Labute approximate surface area is 158 Å². The molecule has 7 nitrogen and oxygen atoms in total. The molecule has 2 heterocycles. The van der Waals surface area contributed by atoms with E-state index in [4.69, 9.17) is 14.2 Å². The zero-order valence-corrected chi connectivity index (χ0v) is 15.6. The van der Waals surface area contributed by atoms with Gasteiger partial charge >= 0.3 is 0 Å². The van der Waals surface area contributed by atoms with Crippen LogP contribution in [0.4, 0.5) is 4.39 Å². The zero-order chi connectivity index (χ0) is 19.0. The Kier molecular flexibility index (Phi) is 4.36. The van der Waals surface area contributed by atoms with Gasteiger partial charge in [-0.05, 0) is 24.3 Å². The second-order valence-electron chi connectivity index (χ2n) is 5.55. The second-order valence-corrected chi connectivity index (χ2v) is 6.51. The van der Waals surface area contributed by atoms with E-state index in [0.717, 1.165) is 0 Å². The summed E-state index contributed by atoms with van der Waals surface area (Å²) in [5, 5.41) is 13.6. The first-order valence-electron chi connectivity index (χ1n) is 7.93. The molecule has 0 bridgehead atoms. The third kappa shape index (κ3) is 2.95. The van der Waals surface area contributed by atoms with E-state index in [2.05, 4.69) is 15.3 Å². The lowest BCUT2D eigenvalue weighted by Crippen LogP contribution is -1.97. The van der Waals surface area contributed by atoms with Crippen LogP contribution in [0.15, 0.2) is 36.4 Å². The molecule has 0 N–H and O–H groups in total. The number of hydrogen-bond donors (Lipinski definition) is 0. The van der Waals surface area contributed by atoms with Gasteiger partial charge in [0.1, 0.15) is 10.8 Å². The summed E-state index contributed by atoms with van der Waals surface area (Å²) in [7, 11) is 4.64. The standard InChI is InChI=1S/C18H15FN4O3S/c1-24-13-8-11(9-14(25-2)15(13)26-3)16-20-21-18-23(16)22-17(27-18)10-5-4-6-12(19)7-10/h4-9H,1-3H3. The molecule has 0 aliphatic rings. The highest BCUT2D eigenvalue weighted by molar-refractivity contribution is 7.19. The van der Waals surface area contributed by atoms with Crippen LogP contribution in [0.25, 0.3) is 26.9 Å². The molecule has 0 saturated heterocycles. The first-order chi connectivity index (χ1) is 13.1. The van der Waals surface area contributed by atoms with Gasteiger partial charge in [0.25, 0.3) is 0 Å². The number of halogens is 1. The summed E-state index contributed by atoms with van der Waals surface area (Å²) in [4.78, 5) is 0.595. The molecule has 0 radical (unpaired) electrons. The Hall–Kier alpha value is -3.20. The molecule has 0 atom stereocenters. The van der Waals surface area contributed by atoms with E-state index in [1.54, 1.807) is 50.1 Å². The first-order valence-corrected chi connectivity index (χ1v) is 8.74. The monoisotopic (exact) mass is 386 g/mol. The van der Waals surface area contributed by atoms with Crippen LogP contribution in [0.1, 0.15) is 0 Å². The van der Waals surface area contributed by atoms with Crippen LogP contribution in [0.2, 0.25) is 0 Å². The molecule has 138 valence electrons. The van der Waals surface area contributed by atoms with Crippen LogP contribution in [0, 0.1) is 5.82 Å². The summed E-state index contributed by atoms with van der Waals surface area (Å²) in [6, 6.07) is 9.83. The fraction of sp³-hybridized carbons (Fsp3) is 0.167. The van der Waals surface area contributed by atoms with Gasteiger partial charge in [0.15, 0.2) is 17.3 Å². The highest BCUT2D eigenvalue weighted by Gasteiger charge is 2.19. The van der Waals surface area contributed by atoms with Crippen molar-refractivity contribution in [3.05, 3.63) is 42.2 Å². The summed E-state index contributed by atoms with van der Waals surface area (Å²) >= 11 is 1.33. The number of benzene rings is 2. The molecule has 0 aliphatic carbocycles. The van der Waals surface area contributed by atoms with Crippen molar-refractivity contribution in [3.63, 3.8) is 0 Å². The maximum absolute atomic E-state index is 13.5. The molecule has 0 saturated carbocycles. The molecule has 0 amide bonds. The fourth-order valence-electron chi connectivity index (χ4n) is 2.75. The number of nitrogens with zero attached hydrogens (tertiary/aromatic N) is 4. The van der Waals surface area contributed by atoms with E-state index < -0.39 is 0 Å². The maximum atomic E-state index is 13.5. The highest BCUT2D eigenvalue weighted by Crippen LogP contribution is 2.41. The third-order valence-corrected chi connectivity index (χ3v) is 4.93. The van der Waals surface area contributed by atoms with Crippen LogP contribution in [-0.4, -0.2) is 41.1 Å². The molecule has 27 heavy (non-hydrogen) atoms. The summed E-state index contributed by atoms with van der Waals surface area (Å²) < 4.78 is 31.3. The Morgan fingerprint density at radius 3 is 2.30 bits per heavy atom. The molecule has 0 aliphatic heterocycles. The lowest BCUT2D eigenvalue weighted by Gasteiger charge is -2.13. The topological polar surface area (TPSA) is 70.8 Å². The Morgan fingerprint density at radius 2 is 1.67 bits per heavy atom. The predicted molar refractivity (Wildman–Crippen MR) is 99.1 cm³/mol. The van der Waals surface area contributed by atoms with Gasteiger partial charge in [0, 0.05) is 11.1 Å². The lowest BCUT2D eigenvalue weighted by atomic mass is 10.1. The second kappa shape index (κ2) is 6.84. The van der Waals surface area contributed by atoms with E-state index in [0.29, 0.717) is 44.2 Å². The molecular weight excluding hydrogens is 371 g/mol. The largest absolute Gasteiger partial charge is 0.493 e. The summed E-state index contributed by atoms with van der Waals surface area (Å²) in [6.45, 7) is 0. The smallest absolute Gasteiger partial charge is 0.235 e. The number of fused-ring (bicyclic) bond motifs is 1. The van der Waals surface area contributed by atoms with Gasteiger partial charge in [-0.1, -0.05) is 23.5 Å². The van der Waals surface area contributed by atoms with Crippen molar-refractivity contribution >= 4 is 16.3 Å². The Balaban J connectivity index is 1.85. The van der Waals surface area contributed by atoms with E-state index in [-0.39, 0.29) is 5.82 Å². The van der Waals surface area contributed by atoms with Gasteiger partial charge < -0.3 is 14.2 Å². The molecule has 2 aromatic heterocycles. The van der Waals surface area contributed by atoms with Gasteiger partial charge in [-0.25, -0.2) is 4.39 Å². The lowest BCUT2D eigenvalue weighted by molar-refractivity contribution is 0.324. The fourth-order valence-corrected chi connectivity index (χ4v) is 3.58. The zero-order valence-electron chi connectivity index (χ0n) is 14.8. The van der Waals surface area contributed by atoms with E-state index in [1.807, 2.05) is 0 Å². The van der Waals surface area contributed by atoms with Crippen molar-refractivity contribution < 1.29 is 18.6 Å². The van der Waals surface area contributed by atoms with Crippen LogP contribution >= 0.6 is 11.3 Å². The van der Waals surface area contributed by atoms with Gasteiger partial charge in [-0.15, -0.1) is 10.2 Å². The molecule has 4 aromatic rings. The maximum Gasteiger partial charge on any atom is 0.235 e. The summed E-state index contributed by atoms with van der Waals surface area (Å²) in [6.07, 6.45) is 0. The minimum absolute atomic E-state index is 0.316. The Morgan fingerprint density at radius 1 is 0.926 bits per heavy atom. The van der Waals surface area contributed by atoms with Gasteiger partial charge in [0.05, 0.1) is 21.3 Å². The molecular formula is C18H15FN4O3S. The molecule has 0 spiro atoms. The quantitative estimate of drug-likeness (QED) is 0.521. The number of hydrogen-bond acceptors (Lipinski definition) is 7. The third-order valence-electron chi connectivity index (χ3n) is 3.99. The normalized spacial score (nSPS) is 11.0. The van der Waals surface area contributed by atoms with Crippen LogP contribution in [0.3, 0.4) is 0 Å². The number of ether oxygens (including phenoxy) is 3. The number of methoxy groups -OCH3 is 3. The van der Waals surface area contributed by atoms with Gasteiger partial charge in [-0.2, -0.15) is 9.61 Å². The van der Waals surface area contributed by atoms with Crippen molar-refractivity contribution in [3.8, 4) is 39.2 Å². The van der Waals surface area contributed by atoms with Crippen molar-refractivity contribution in [2.75, 3.05) is 21.3 Å². The minimum Gasteiger partial charge on any atom is -0.493 e. The molecule has 2 aromatic carbocycles. The molecule has 0 unspecified atom stereocenters. The SMILES string of the molecule is COc1cc(-c2nnc3sc(-c4cccc(F)c4)nn23)cc(OC)c1OC. The van der Waals surface area contributed by atoms with E-state index >= 15 is 0 Å². The van der Waals surface area contributed by atoms with Crippen LogP contribution in [0.5, 0.6) is 17.2 Å². The van der Waals surface area contributed by atoms with Gasteiger partial charge in [-0.3, -0.25) is 0 Å². The van der Waals surface area contributed by atoms with Crippen molar-refractivity contribution in [2.24, 2.45) is 0 Å². The molecule has 9 heteroatoms. The minimum atomic E-state index is -0.316. The number of aromatic nitrogens is 4. The molecule has 0 fully saturated rings. The van der Waals surface area contributed by atoms with Crippen LogP contribution in [-0.2, 0) is 0 Å². The summed E-state index contributed by atoms with van der Waals surface area (Å²) in [5.74, 6) is 1.70. The van der Waals surface area contributed by atoms with Crippen LogP contribution < -0.4 is 14.2 Å². The Bertz CT molecular complexity index is 1100. The highest BCUT2D eigenvalue weighted by atomic mass is 32.1. The van der Waals surface area contributed by atoms with Crippen molar-refractivity contribution in [1.82, 2.24) is 19.8 Å². The number of rotatable bonds is 5. The molecule has 4 rings (SSSR count). The predicted octanol–water partition coefficient (Wildman–Crippen LogP) is 3.68. The average Bonchev–Trinajstić information content (AvgIpc) is 3.27. The van der Waals surface area contributed by atoms with Gasteiger partial charge in [0.2, 0.25) is 10.7 Å². The van der Waals surface area contributed by atoms with Crippen molar-refractivity contribution in [2.45, 2.75) is 0 Å². The van der Waals surface area contributed by atoms with E-state index in [1.165, 1.54) is 23.5 Å². The average molecular weight is 386 g/mol.